The van der Waals surface area contributed by atoms with Crippen LogP contribution in [0.15, 0.2) is 18.2 Å². The summed E-state index contributed by atoms with van der Waals surface area (Å²) in [4.78, 5) is 12.4. The summed E-state index contributed by atoms with van der Waals surface area (Å²) in [6, 6.07) is 6.96. The maximum atomic E-state index is 12.4. The van der Waals surface area contributed by atoms with Gasteiger partial charge < -0.3 is 15.4 Å². The summed E-state index contributed by atoms with van der Waals surface area (Å²) in [5.41, 5.74) is 1.02. The van der Waals surface area contributed by atoms with Crippen molar-refractivity contribution in [1.82, 2.24) is 10.6 Å². The predicted octanol–water partition coefficient (Wildman–Crippen LogP) is 2.04. The van der Waals surface area contributed by atoms with Crippen LogP contribution in [0.3, 0.4) is 0 Å². The van der Waals surface area contributed by atoms with Gasteiger partial charge in [-0.2, -0.15) is 0 Å². The lowest BCUT2D eigenvalue weighted by atomic mass is 9.99. The summed E-state index contributed by atoms with van der Waals surface area (Å²) in [6.07, 6.45) is 4.74. The number of benzene rings is 1. The number of ether oxygens (including phenoxy) is 1. The van der Waals surface area contributed by atoms with Crippen LogP contribution in [0.2, 0.25) is 5.02 Å². The van der Waals surface area contributed by atoms with E-state index in [1.807, 2.05) is 12.1 Å². The summed E-state index contributed by atoms with van der Waals surface area (Å²) in [7, 11) is 0. The normalized spacial score (nSPS) is 33.4. The van der Waals surface area contributed by atoms with Crippen LogP contribution in [-0.4, -0.2) is 30.1 Å². The van der Waals surface area contributed by atoms with Crippen molar-refractivity contribution in [1.29, 1.82) is 0 Å². The number of piperidine rings is 1. The van der Waals surface area contributed by atoms with Gasteiger partial charge in [0.1, 0.15) is 5.75 Å². The number of fused-ring (bicyclic) bond motifs is 3. The van der Waals surface area contributed by atoms with Crippen molar-refractivity contribution < 1.29 is 9.53 Å². The van der Waals surface area contributed by atoms with Crippen molar-refractivity contribution in [3.8, 4) is 5.75 Å². The van der Waals surface area contributed by atoms with E-state index in [0.29, 0.717) is 23.5 Å². The molecule has 5 heteroatoms. The number of carbonyl (C=O) groups is 1. The lowest BCUT2D eigenvalue weighted by Crippen LogP contribution is -2.50. The molecule has 1 amide bonds. The number of hydrogen-bond donors (Lipinski definition) is 2. The van der Waals surface area contributed by atoms with Gasteiger partial charge in [-0.3, -0.25) is 4.79 Å². The molecule has 3 aliphatic heterocycles. The first-order valence-corrected chi connectivity index (χ1v) is 8.06. The van der Waals surface area contributed by atoms with Gasteiger partial charge in [0.15, 0.2) is 6.10 Å². The molecule has 21 heavy (non-hydrogen) atoms. The maximum Gasteiger partial charge on any atom is 0.261 e. The Morgan fingerprint density at radius 3 is 2.81 bits per heavy atom. The summed E-state index contributed by atoms with van der Waals surface area (Å²) >= 11 is 5.98. The number of nitrogens with one attached hydrogen (secondary N) is 2. The third-order valence-corrected chi connectivity index (χ3v) is 5.04. The maximum absolute atomic E-state index is 12.4. The van der Waals surface area contributed by atoms with Crippen LogP contribution < -0.4 is 15.4 Å². The highest BCUT2D eigenvalue weighted by atomic mass is 35.5. The third kappa shape index (κ3) is 2.62. The second-order valence-corrected chi connectivity index (χ2v) is 6.81. The fourth-order valence-electron chi connectivity index (χ4n) is 3.83. The molecule has 0 aromatic heterocycles. The molecule has 3 aliphatic rings. The van der Waals surface area contributed by atoms with E-state index in [1.165, 1.54) is 12.8 Å². The average molecular weight is 307 g/mol. The van der Waals surface area contributed by atoms with Crippen LogP contribution in [0, 0.1) is 0 Å². The van der Waals surface area contributed by atoms with E-state index in [4.69, 9.17) is 16.3 Å². The molecule has 1 aromatic rings. The molecule has 2 N–H and O–H groups in total. The molecule has 3 unspecified atom stereocenters. The topological polar surface area (TPSA) is 50.4 Å². The van der Waals surface area contributed by atoms with Gasteiger partial charge in [0.25, 0.3) is 5.91 Å². The fraction of sp³-hybridized carbons (Fsp3) is 0.562. The van der Waals surface area contributed by atoms with Crippen molar-refractivity contribution in [2.75, 3.05) is 0 Å². The highest BCUT2D eigenvalue weighted by molar-refractivity contribution is 6.30. The third-order valence-electron chi connectivity index (χ3n) is 4.81. The highest BCUT2D eigenvalue weighted by Gasteiger charge is 2.36. The van der Waals surface area contributed by atoms with Crippen LogP contribution in [0.5, 0.6) is 5.75 Å². The first-order valence-electron chi connectivity index (χ1n) is 7.69. The Balaban J connectivity index is 1.38. The zero-order chi connectivity index (χ0) is 14.4. The number of halogens is 1. The average Bonchev–Trinajstić information content (AvgIpc) is 3.02. The fourth-order valence-corrected chi connectivity index (χ4v) is 4.03. The molecule has 4 nitrogen and oxygen atoms in total. The Bertz CT molecular complexity index is 565. The van der Waals surface area contributed by atoms with Crippen molar-refractivity contribution >= 4 is 17.5 Å². The van der Waals surface area contributed by atoms with Crippen LogP contribution in [0.25, 0.3) is 0 Å². The Kier molecular flexibility index (Phi) is 3.31. The number of carbonyl (C=O) groups excluding carboxylic acids is 1. The molecule has 3 heterocycles. The van der Waals surface area contributed by atoms with E-state index < -0.39 is 6.10 Å². The Morgan fingerprint density at radius 2 is 2.05 bits per heavy atom. The van der Waals surface area contributed by atoms with Gasteiger partial charge in [0, 0.05) is 29.6 Å². The highest BCUT2D eigenvalue weighted by Crippen LogP contribution is 2.32. The summed E-state index contributed by atoms with van der Waals surface area (Å²) in [5, 5.41) is 7.45. The minimum absolute atomic E-state index is 0.00798. The van der Waals surface area contributed by atoms with Crippen molar-refractivity contribution in [3.63, 3.8) is 0 Å². The lowest BCUT2D eigenvalue weighted by molar-refractivity contribution is -0.128. The van der Waals surface area contributed by atoms with Gasteiger partial charge in [-0.1, -0.05) is 11.6 Å². The number of rotatable bonds is 2. The molecule has 4 rings (SSSR count). The van der Waals surface area contributed by atoms with Crippen LogP contribution >= 0.6 is 11.6 Å². The van der Waals surface area contributed by atoms with E-state index in [0.717, 1.165) is 24.2 Å². The zero-order valence-corrected chi connectivity index (χ0v) is 12.5. The zero-order valence-electron chi connectivity index (χ0n) is 11.8. The van der Waals surface area contributed by atoms with Gasteiger partial charge in [0.2, 0.25) is 0 Å². The second-order valence-electron chi connectivity index (χ2n) is 6.38. The molecule has 3 atom stereocenters. The van der Waals surface area contributed by atoms with Gasteiger partial charge in [-0.05, 0) is 49.4 Å². The lowest BCUT2D eigenvalue weighted by Gasteiger charge is -2.30. The number of amides is 1. The number of hydrogen-bond acceptors (Lipinski definition) is 3. The van der Waals surface area contributed by atoms with Gasteiger partial charge >= 0.3 is 0 Å². The van der Waals surface area contributed by atoms with E-state index >= 15 is 0 Å². The smallest absolute Gasteiger partial charge is 0.261 e. The first-order chi connectivity index (χ1) is 10.2. The quantitative estimate of drug-likeness (QED) is 0.879. The van der Waals surface area contributed by atoms with Crippen LogP contribution in [0.1, 0.15) is 31.2 Å². The molecule has 0 spiro atoms. The predicted molar refractivity (Wildman–Crippen MR) is 80.7 cm³/mol. The molecular weight excluding hydrogens is 288 g/mol. The minimum Gasteiger partial charge on any atom is -0.480 e. The van der Waals surface area contributed by atoms with E-state index in [9.17, 15) is 4.79 Å². The molecule has 2 fully saturated rings. The van der Waals surface area contributed by atoms with E-state index in [1.54, 1.807) is 6.07 Å². The summed E-state index contributed by atoms with van der Waals surface area (Å²) < 4.78 is 5.75. The van der Waals surface area contributed by atoms with Crippen molar-refractivity contribution in [3.05, 3.63) is 28.8 Å². The van der Waals surface area contributed by atoms with Crippen molar-refractivity contribution in [2.45, 2.75) is 56.3 Å². The standard InChI is InChI=1S/C16H19ClN2O2/c17-10-1-4-14-9(5-10)6-15(21-14)16(20)19-13-7-11-2-3-12(8-13)18-11/h1,4-5,11-13,15,18H,2-3,6-8H2,(H,19,20). The first kappa shape index (κ1) is 13.4. The summed E-state index contributed by atoms with van der Waals surface area (Å²) in [6.45, 7) is 0. The SMILES string of the molecule is O=C(NC1CC2CCC(C1)N2)C1Cc2cc(Cl)ccc2O1. The Labute approximate surface area is 129 Å². The van der Waals surface area contributed by atoms with Crippen LogP contribution in [0.4, 0.5) is 0 Å². The molecular formula is C16H19ClN2O2. The molecule has 2 saturated heterocycles. The van der Waals surface area contributed by atoms with Gasteiger partial charge in [-0.15, -0.1) is 0 Å². The molecule has 0 aliphatic carbocycles. The molecule has 2 bridgehead atoms. The van der Waals surface area contributed by atoms with Gasteiger partial charge in [0.05, 0.1) is 0 Å². The largest absolute Gasteiger partial charge is 0.480 e. The van der Waals surface area contributed by atoms with E-state index in [-0.39, 0.29) is 11.9 Å². The van der Waals surface area contributed by atoms with Gasteiger partial charge in [-0.25, -0.2) is 0 Å². The van der Waals surface area contributed by atoms with E-state index in [2.05, 4.69) is 10.6 Å². The molecule has 0 radical (unpaired) electrons. The minimum atomic E-state index is -0.411. The Hall–Kier alpha value is -1.26. The molecule has 0 saturated carbocycles. The molecule has 112 valence electrons. The van der Waals surface area contributed by atoms with Crippen LogP contribution in [-0.2, 0) is 11.2 Å². The monoisotopic (exact) mass is 306 g/mol. The second kappa shape index (κ2) is 5.18. The summed E-state index contributed by atoms with van der Waals surface area (Å²) in [5.74, 6) is 0.790. The Morgan fingerprint density at radius 1 is 1.29 bits per heavy atom. The van der Waals surface area contributed by atoms with Crippen molar-refractivity contribution in [2.24, 2.45) is 0 Å². The molecule has 1 aromatic carbocycles.